The Morgan fingerprint density at radius 3 is 3.11 bits per heavy atom. The summed E-state index contributed by atoms with van der Waals surface area (Å²) in [6, 6.07) is 6.65. The molecule has 1 atom stereocenters. The molecule has 0 aliphatic carbocycles. The van der Waals surface area contributed by atoms with Crippen LogP contribution in [-0.4, -0.2) is 31.6 Å². The quantitative estimate of drug-likeness (QED) is 0.902. The molecule has 1 aliphatic rings. The van der Waals surface area contributed by atoms with E-state index in [4.69, 9.17) is 5.26 Å². The summed E-state index contributed by atoms with van der Waals surface area (Å²) in [7, 11) is 1.97. The smallest absolute Gasteiger partial charge is 0.127 e. The Bertz CT molecular complexity index is 465. The van der Waals surface area contributed by atoms with Crippen molar-refractivity contribution in [2.24, 2.45) is 5.92 Å². The first-order chi connectivity index (χ1) is 9.22. The van der Waals surface area contributed by atoms with Crippen LogP contribution >= 0.6 is 0 Å². The second-order valence-electron chi connectivity index (χ2n) is 5.22. The summed E-state index contributed by atoms with van der Waals surface area (Å²) in [5.74, 6) is 0.427. The van der Waals surface area contributed by atoms with Crippen molar-refractivity contribution in [3.8, 4) is 6.07 Å². The van der Waals surface area contributed by atoms with E-state index in [-0.39, 0.29) is 5.82 Å². The third-order valence-corrected chi connectivity index (χ3v) is 3.66. The van der Waals surface area contributed by atoms with Gasteiger partial charge >= 0.3 is 0 Å². The SMILES string of the molecule is CNCC1CCCN(Cc2cc(C#N)ccc2F)C1. The number of nitriles is 1. The van der Waals surface area contributed by atoms with E-state index >= 15 is 0 Å². The summed E-state index contributed by atoms with van der Waals surface area (Å²) in [5, 5.41) is 12.1. The molecule has 1 aromatic carbocycles. The number of nitrogens with zero attached hydrogens (tertiary/aromatic N) is 2. The zero-order valence-electron chi connectivity index (χ0n) is 11.3. The largest absolute Gasteiger partial charge is 0.319 e. The molecule has 1 N–H and O–H groups in total. The van der Waals surface area contributed by atoms with E-state index in [1.165, 1.54) is 18.6 Å². The second kappa shape index (κ2) is 6.65. The number of halogens is 1. The third kappa shape index (κ3) is 3.76. The minimum absolute atomic E-state index is 0.213. The lowest BCUT2D eigenvalue weighted by Gasteiger charge is -2.32. The first-order valence-corrected chi connectivity index (χ1v) is 6.78. The molecule has 102 valence electrons. The van der Waals surface area contributed by atoms with Gasteiger partial charge in [0.15, 0.2) is 0 Å². The number of hydrogen-bond donors (Lipinski definition) is 1. The average Bonchev–Trinajstić information content (AvgIpc) is 2.42. The summed E-state index contributed by atoms with van der Waals surface area (Å²) in [4.78, 5) is 2.28. The molecule has 0 amide bonds. The topological polar surface area (TPSA) is 39.1 Å². The van der Waals surface area contributed by atoms with Gasteiger partial charge in [-0.05, 0) is 57.1 Å². The van der Waals surface area contributed by atoms with E-state index in [0.29, 0.717) is 23.6 Å². The zero-order chi connectivity index (χ0) is 13.7. The Hall–Kier alpha value is -1.44. The van der Waals surface area contributed by atoms with E-state index < -0.39 is 0 Å². The van der Waals surface area contributed by atoms with Crippen molar-refractivity contribution in [2.75, 3.05) is 26.7 Å². The molecule has 3 nitrogen and oxygen atoms in total. The first-order valence-electron chi connectivity index (χ1n) is 6.78. The Morgan fingerprint density at radius 2 is 2.37 bits per heavy atom. The molecule has 4 heteroatoms. The number of benzene rings is 1. The van der Waals surface area contributed by atoms with Crippen LogP contribution in [0.1, 0.15) is 24.0 Å². The monoisotopic (exact) mass is 261 g/mol. The lowest BCUT2D eigenvalue weighted by atomic mass is 9.97. The Labute approximate surface area is 114 Å². The van der Waals surface area contributed by atoms with Crippen LogP contribution in [0.4, 0.5) is 4.39 Å². The fourth-order valence-electron chi connectivity index (χ4n) is 2.76. The van der Waals surface area contributed by atoms with Gasteiger partial charge < -0.3 is 5.32 Å². The van der Waals surface area contributed by atoms with Crippen LogP contribution in [0.15, 0.2) is 18.2 Å². The maximum absolute atomic E-state index is 13.8. The first kappa shape index (κ1) is 14.0. The molecule has 1 unspecified atom stereocenters. The van der Waals surface area contributed by atoms with Gasteiger partial charge in [0.05, 0.1) is 11.6 Å². The molecule has 1 fully saturated rings. The standard InChI is InChI=1S/C15H20FN3/c1-18-9-13-3-2-6-19(10-13)11-14-7-12(8-17)4-5-15(14)16/h4-5,7,13,18H,2-3,6,9-11H2,1H3. The van der Waals surface area contributed by atoms with Gasteiger partial charge in [-0.25, -0.2) is 4.39 Å². The third-order valence-electron chi connectivity index (χ3n) is 3.66. The van der Waals surface area contributed by atoms with Crippen molar-refractivity contribution in [3.05, 3.63) is 35.1 Å². The zero-order valence-corrected chi connectivity index (χ0v) is 11.3. The van der Waals surface area contributed by atoms with E-state index in [2.05, 4.69) is 16.3 Å². The lowest BCUT2D eigenvalue weighted by Crippen LogP contribution is -2.38. The van der Waals surface area contributed by atoms with E-state index in [1.54, 1.807) is 6.07 Å². The molecule has 0 saturated carbocycles. The van der Waals surface area contributed by atoms with E-state index in [9.17, 15) is 4.39 Å². The van der Waals surface area contributed by atoms with Crippen LogP contribution in [0.2, 0.25) is 0 Å². The van der Waals surface area contributed by atoms with Crippen molar-refractivity contribution in [1.82, 2.24) is 10.2 Å². The summed E-state index contributed by atoms with van der Waals surface area (Å²) in [6.07, 6.45) is 2.39. The highest BCUT2D eigenvalue weighted by Gasteiger charge is 2.20. The van der Waals surface area contributed by atoms with Gasteiger partial charge in [-0.1, -0.05) is 0 Å². The molecular formula is C15H20FN3. The Balaban J connectivity index is 2.02. The molecule has 1 aliphatic heterocycles. The number of nitrogens with one attached hydrogen (secondary N) is 1. The second-order valence-corrected chi connectivity index (χ2v) is 5.22. The van der Waals surface area contributed by atoms with Crippen molar-refractivity contribution >= 4 is 0 Å². The van der Waals surface area contributed by atoms with E-state index in [0.717, 1.165) is 26.1 Å². The highest BCUT2D eigenvalue weighted by atomic mass is 19.1. The van der Waals surface area contributed by atoms with Crippen LogP contribution in [0.5, 0.6) is 0 Å². The maximum Gasteiger partial charge on any atom is 0.127 e. The molecule has 0 spiro atoms. The van der Waals surface area contributed by atoms with Crippen LogP contribution < -0.4 is 5.32 Å². The number of hydrogen-bond acceptors (Lipinski definition) is 3. The predicted molar refractivity (Wildman–Crippen MR) is 73.0 cm³/mol. The molecule has 1 saturated heterocycles. The van der Waals surface area contributed by atoms with Gasteiger partial charge in [-0.15, -0.1) is 0 Å². The lowest BCUT2D eigenvalue weighted by molar-refractivity contribution is 0.165. The van der Waals surface area contributed by atoms with Crippen molar-refractivity contribution in [1.29, 1.82) is 5.26 Å². The number of rotatable bonds is 4. The summed E-state index contributed by atoms with van der Waals surface area (Å²) < 4.78 is 13.8. The Morgan fingerprint density at radius 1 is 1.53 bits per heavy atom. The number of piperidine rings is 1. The summed E-state index contributed by atoms with van der Waals surface area (Å²) in [6.45, 7) is 3.62. The molecule has 0 radical (unpaired) electrons. The molecule has 0 aromatic heterocycles. The summed E-state index contributed by atoms with van der Waals surface area (Å²) >= 11 is 0. The normalized spacial score (nSPS) is 20.2. The number of likely N-dealkylation sites (tertiary alicyclic amines) is 1. The van der Waals surface area contributed by atoms with Gasteiger partial charge in [-0.3, -0.25) is 4.90 Å². The van der Waals surface area contributed by atoms with Gasteiger partial charge in [-0.2, -0.15) is 5.26 Å². The Kier molecular flexibility index (Phi) is 4.89. The van der Waals surface area contributed by atoms with Gasteiger partial charge in [0.1, 0.15) is 5.82 Å². The van der Waals surface area contributed by atoms with Crippen molar-refractivity contribution in [2.45, 2.75) is 19.4 Å². The van der Waals surface area contributed by atoms with Gasteiger partial charge in [0.25, 0.3) is 0 Å². The van der Waals surface area contributed by atoms with E-state index in [1.807, 2.05) is 7.05 Å². The average molecular weight is 261 g/mol. The molecule has 19 heavy (non-hydrogen) atoms. The minimum Gasteiger partial charge on any atom is -0.319 e. The van der Waals surface area contributed by atoms with Gasteiger partial charge in [0.2, 0.25) is 0 Å². The molecule has 0 bridgehead atoms. The molecule has 1 aromatic rings. The maximum atomic E-state index is 13.8. The van der Waals surface area contributed by atoms with Crippen LogP contribution in [0, 0.1) is 23.1 Å². The fraction of sp³-hybridized carbons (Fsp3) is 0.533. The van der Waals surface area contributed by atoms with Gasteiger partial charge in [0, 0.05) is 18.7 Å². The van der Waals surface area contributed by atoms with Crippen molar-refractivity contribution in [3.63, 3.8) is 0 Å². The molecular weight excluding hydrogens is 241 g/mol. The van der Waals surface area contributed by atoms with Crippen LogP contribution in [0.25, 0.3) is 0 Å². The molecule has 1 heterocycles. The highest BCUT2D eigenvalue weighted by Crippen LogP contribution is 2.19. The fourth-order valence-corrected chi connectivity index (χ4v) is 2.76. The summed E-state index contributed by atoms with van der Waals surface area (Å²) in [5.41, 5.74) is 1.16. The van der Waals surface area contributed by atoms with Crippen LogP contribution in [0.3, 0.4) is 0 Å². The van der Waals surface area contributed by atoms with Crippen LogP contribution in [-0.2, 0) is 6.54 Å². The predicted octanol–water partition coefficient (Wildman–Crippen LogP) is 2.13. The highest BCUT2D eigenvalue weighted by molar-refractivity contribution is 5.33. The molecule has 2 rings (SSSR count). The van der Waals surface area contributed by atoms with Crippen molar-refractivity contribution < 1.29 is 4.39 Å². The minimum atomic E-state index is -0.213.